The van der Waals surface area contributed by atoms with Crippen LogP contribution in [0.2, 0.25) is 5.02 Å². The van der Waals surface area contributed by atoms with E-state index in [4.69, 9.17) is 16.3 Å². The molecule has 18 heavy (non-hydrogen) atoms. The molecule has 1 N–H and O–H groups in total. The summed E-state index contributed by atoms with van der Waals surface area (Å²) in [5.74, 6) is -0.192. The van der Waals surface area contributed by atoms with E-state index in [1.165, 1.54) is 6.20 Å². The first-order valence-corrected chi connectivity index (χ1v) is 6.65. The average molecular weight is 272 g/mol. The summed E-state index contributed by atoms with van der Waals surface area (Å²) in [6.45, 7) is 5.26. The molecule has 0 unspecified atom stereocenters. The maximum absolute atomic E-state index is 12.2. The SMILES string of the molecule is CCn1ncc(Cl)c1C(=O)N[C@@H](C)[C@@H]1CCCO1. The van der Waals surface area contributed by atoms with E-state index in [1.807, 2.05) is 13.8 Å². The highest BCUT2D eigenvalue weighted by Crippen LogP contribution is 2.18. The van der Waals surface area contributed by atoms with E-state index >= 15 is 0 Å². The zero-order valence-corrected chi connectivity index (χ0v) is 11.4. The summed E-state index contributed by atoms with van der Waals surface area (Å²) in [5, 5.41) is 7.37. The highest BCUT2D eigenvalue weighted by atomic mass is 35.5. The maximum atomic E-state index is 12.2. The lowest BCUT2D eigenvalue weighted by Crippen LogP contribution is -2.41. The van der Waals surface area contributed by atoms with Gasteiger partial charge >= 0.3 is 0 Å². The monoisotopic (exact) mass is 271 g/mol. The molecule has 1 aromatic heterocycles. The molecule has 1 aliphatic heterocycles. The van der Waals surface area contributed by atoms with Crippen LogP contribution in [-0.4, -0.2) is 34.4 Å². The standard InChI is InChI=1S/C12H18ClN3O2/c1-3-16-11(9(13)7-14-16)12(17)15-8(2)10-5-4-6-18-10/h7-8,10H,3-6H2,1-2H3,(H,15,17)/t8-,10-/m0/s1. The Kier molecular flexibility index (Phi) is 4.24. The molecule has 5 nitrogen and oxygen atoms in total. The largest absolute Gasteiger partial charge is 0.376 e. The van der Waals surface area contributed by atoms with Crippen LogP contribution in [-0.2, 0) is 11.3 Å². The number of aromatic nitrogens is 2. The van der Waals surface area contributed by atoms with Crippen LogP contribution in [0.3, 0.4) is 0 Å². The van der Waals surface area contributed by atoms with Crippen molar-refractivity contribution in [2.75, 3.05) is 6.61 Å². The Balaban J connectivity index is 2.04. The number of rotatable bonds is 4. The Morgan fingerprint density at radius 3 is 3.17 bits per heavy atom. The molecule has 2 heterocycles. The number of ether oxygens (including phenoxy) is 1. The lowest BCUT2D eigenvalue weighted by molar-refractivity contribution is 0.0706. The third kappa shape index (κ3) is 2.67. The molecular formula is C12H18ClN3O2. The number of nitrogens with one attached hydrogen (secondary N) is 1. The van der Waals surface area contributed by atoms with Crippen LogP contribution >= 0.6 is 11.6 Å². The number of nitrogens with zero attached hydrogens (tertiary/aromatic N) is 2. The Morgan fingerprint density at radius 2 is 2.56 bits per heavy atom. The molecular weight excluding hydrogens is 254 g/mol. The number of halogens is 1. The average Bonchev–Trinajstić information content (AvgIpc) is 2.97. The van der Waals surface area contributed by atoms with Crippen molar-refractivity contribution in [3.8, 4) is 0 Å². The number of carbonyl (C=O) groups excluding carboxylic acids is 1. The van der Waals surface area contributed by atoms with Gasteiger partial charge in [-0.2, -0.15) is 5.10 Å². The maximum Gasteiger partial charge on any atom is 0.271 e. The Hall–Kier alpha value is -1.07. The summed E-state index contributed by atoms with van der Waals surface area (Å²) < 4.78 is 7.15. The third-order valence-electron chi connectivity index (χ3n) is 3.19. The van der Waals surface area contributed by atoms with Crippen molar-refractivity contribution >= 4 is 17.5 Å². The molecule has 2 rings (SSSR count). The van der Waals surface area contributed by atoms with E-state index in [0.29, 0.717) is 17.3 Å². The van der Waals surface area contributed by atoms with Gasteiger partial charge in [-0.1, -0.05) is 11.6 Å². The quantitative estimate of drug-likeness (QED) is 0.909. The molecule has 1 fully saturated rings. The summed E-state index contributed by atoms with van der Waals surface area (Å²) in [7, 11) is 0. The molecule has 1 aromatic rings. The van der Waals surface area contributed by atoms with Crippen LogP contribution in [0.1, 0.15) is 37.2 Å². The van der Waals surface area contributed by atoms with Crippen LogP contribution in [0.4, 0.5) is 0 Å². The van der Waals surface area contributed by atoms with Crippen LogP contribution < -0.4 is 5.32 Å². The lowest BCUT2D eigenvalue weighted by Gasteiger charge is -2.20. The van der Waals surface area contributed by atoms with Crippen molar-refractivity contribution in [1.29, 1.82) is 0 Å². The van der Waals surface area contributed by atoms with Crippen molar-refractivity contribution in [2.45, 2.75) is 45.4 Å². The zero-order chi connectivity index (χ0) is 13.1. The van der Waals surface area contributed by atoms with Crippen molar-refractivity contribution in [2.24, 2.45) is 0 Å². The molecule has 1 saturated heterocycles. The molecule has 0 aliphatic carbocycles. The summed E-state index contributed by atoms with van der Waals surface area (Å²) in [4.78, 5) is 12.2. The van der Waals surface area contributed by atoms with E-state index < -0.39 is 0 Å². The van der Waals surface area contributed by atoms with E-state index in [1.54, 1.807) is 4.68 Å². The minimum Gasteiger partial charge on any atom is -0.376 e. The van der Waals surface area contributed by atoms with Gasteiger partial charge in [0.2, 0.25) is 0 Å². The third-order valence-corrected chi connectivity index (χ3v) is 3.47. The number of amides is 1. The second-order valence-corrected chi connectivity index (χ2v) is 4.88. The summed E-state index contributed by atoms with van der Waals surface area (Å²) in [6, 6.07) is -0.0173. The second kappa shape index (κ2) is 5.71. The first-order chi connectivity index (χ1) is 8.63. The van der Waals surface area contributed by atoms with E-state index in [-0.39, 0.29) is 18.1 Å². The van der Waals surface area contributed by atoms with E-state index in [9.17, 15) is 4.79 Å². The summed E-state index contributed by atoms with van der Waals surface area (Å²) >= 11 is 5.99. The molecule has 100 valence electrons. The highest BCUT2D eigenvalue weighted by molar-refractivity contribution is 6.33. The minimum atomic E-state index is -0.192. The number of hydrogen-bond acceptors (Lipinski definition) is 3. The van der Waals surface area contributed by atoms with Gasteiger partial charge in [0.15, 0.2) is 0 Å². The van der Waals surface area contributed by atoms with Crippen molar-refractivity contribution < 1.29 is 9.53 Å². The lowest BCUT2D eigenvalue weighted by atomic mass is 10.1. The smallest absolute Gasteiger partial charge is 0.271 e. The van der Waals surface area contributed by atoms with Gasteiger partial charge in [-0.15, -0.1) is 0 Å². The van der Waals surface area contributed by atoms with Gasteiger partial charge < -0.3 is 10.1 Å². The Morgan fingerprint density at radius 1 is 1.78 bits per heavy atom. The fraction of sp³-hybridized carbons (Fsp3) is 0.667. The summed E-state index contributed by atoms with van der Waals surface area (Å²) in [5.41, 5.74) is 0.420. The molecule has 0 radical (unpaired) electrons. The number of aryl methyl sites for hydroxylation is 1. The fourth-order valence-electron chi connectivity index (χ4n) is 2.19. The van der Waals surface area contributed by atoms with Crippen molar-refractivity contribution in [3.05, 3.63) is 16.9 Å². The van der Waals surface area contributed by atoms with Gasteiger partial charge in [0.1, 0.15) is 5.69 Å². The van der Waals surface area contributed by atoms with E-state index in [2.05, 4.69) is 10.4 Å². The first-order valence-electron chi connectivity index (χ1n) is 6.27. The zero-order valence-electron chi connectivity index (χ0n) is 10.6. The molecule has 6 heteroatoms. The predicted octanol–water partition coefficient (Wildman–Crippen LogP) is 1.85. The van der Waals surface area contributed by atoms with Crippen molar-refractivity contribution in [3.63, 3.8) is 0 Å². The second-order valence-electron chi connectivity index (χ2n) is 4.47. The van der Waals surface area contributed by atoms with Crippen LogP contribution in [0.15, 0.2) is 6.20 Å². The van der Waals surface area contributed by atoms with Gasteiger partial charge in [-0.05, 0) is 26.7 Å². The first kappa shape index (κ1) is 13.4. The minimum absolute atomic E-state index is 0.0173. The molecule has 0 bridgehead atoms. The molecule has 0 spiro atoms. The van der Waals surface area contributed by atoms with Gasteiger partial charge in [-0.3, -0.25) is 9.48 Å². The van der Waals surface area contributed by atoms with Gasteiger partial charge in [0.25, 0.3) is 5.91 Å². The normalized spacial score (nSPS) is 20.9. The topological polar surface area (TPSA) is 56.2 Å². The molecule has 1 amide bonds. The van der Waals surface area contributed by atoms with Gasteiger partial charge in [-0.25, -0.2) is 0 Å². The number of hydrogen-bond donors (Lipinski definition) is 1. The molecule has 2 atom stereocenters. The van der Waals surface area contributed by atoms with Crippen LogP contribution in [0.5, 0.6) is 0 Å². The van der Waals surface area contributed by atoms with Gasteiger partial charge in [0.05, 0.1) is 23.4 Å². The predicted molar refractivity (Wildman–Crippen MR) is 68.8 cm³/mol. The molecule has 0 saturated carbocycles. The summed E-state index contributed by atoms with van der Waals surface area (Å²) in [6.07, 6.45) is 3.64. The fourth-order valence-corrected chi connectivity index (χ4v) is 2.42. The Bertz CT molecular complexity index is 427. The molecule has 1 aliphatic rings. The van der Waals surface area contributed by atoms with Crippen LogP contribution in [0, 0.1) is 0 Å². The highest BCUT2D eigenvalue weighted by Gasteiger charge is 2.26. The Labute approximate surface area is 111 Å². The van der Waals surface area contributed by atoms with Gasteiger partial charge in [0, 0.05) is 13.2 Å². The van der Waals surface area contributed by atoms with Crippen LogP contribution in [0.25, 0.3) is 0 Å². The van der Waals surface area contributed by atoms with E-state index in [0.717, 1.165) is 19.4 Å². The van der Waals surface area contributed by atoms with Crippen molar-refractivity contribution in [1.82, 2.24) is 15.1 Å². The molecule has 0 aromatic carbocycles. The number of carbonyl (C=O) groups is 1.